The maximum Gasteiger partial charge on any atom is 0.323 e. The van der Waals surface area contributed by atoms with Gasteiger partial charge in [0.25, 0.3) is 0 Å². The average Bonchev–Trinajstić information content (AvgIpc) is 3.15. The van der Waals surface area contributed by atoms with Crippen molar-refractivity contribution in [3.8, 4) is 5.75 Å². The summed E-state index contributed by atoms with van der Waals surface area (Å²) in [6, 6.07) is 7.39. The molecule has 2 fully saturated rings. The van der Waals surface area contributed by atoms with Crippen molar-refractivity contribution in [2.45, 2.75) is 24.9 Å². The number of amidine groups is 1. The quantitative estimate of drug-likeness (QED) is 0.854. The summed E-state index contributed by atoms with van der Waals surface area (Å²) in [6.07, 6.45) is 2.06. The van der Waals surface area contributed by atoms with E-state index in [1.54, 1.807) is 12.0 Å². The number of carbonyl (C=O) groups excluding carboxylic acids is 1. The molecule has 5 nitrogen and oxygen atoms in total. The van der Waals surface area contributed by atoms with Crippen molar-refractivity contribution in [1.82, 2.24) is 10.2 Å². The summed E-state index contributed by atoms with van der Waals surface area (Å²) in [4.78, 5) is 13.6. The molecule has 1 unspecified atom stereocenters. The lowest BCUT2D eigenvalue weighted by Crippen LogP contribution is -2.31. The predicted molar refractivity (Wildman–Crippen MR) is 66.9 cm³/mol. The van der Waals surface area contributed by atoms with Gasteiger partial charge in [-0.05, 0) is 30.5 Å². The first-order valence-electron chi connectivity index (χ1n) is 6.02. The topological polar surface area (TPSA) is 65.4 Å². The second-order valence-electron chi connectivity index (χ2n) is 4.66. The Morgan fingerprint density at radius 2 is 2.22 bits per heavy atom. The number of nitrogens with one attached hydrogen (secondary N) is 2. The van der Waals surface area contributed by atoms with Gasteiger partial charge in [0.15, 0.2) is 0 Å². The Hall–Kier alpha value is -2.04. The van der Waals surface area contributed by atoms with E-state index in [-0.39, 0.29) is 24.0 Å². The van der Waals surface area contributed by atoms with Crippen molar-refractivity contribution in [2.75, 3.05) is 7.11 Å². The number of methoxy groups -OCH3 is 1. The molecular formula is C13H15N3O2. The van der Waals surface area contributed by atoms with E-state index in [2.05, 4.69) is 5.32 Å². The molecule has 1 aromatic carbocycles. The Morgan fingerprint density at radius 1 is 1.44 bits per heavy atom. The summed E-state index contributed by atoms with van der Waals surface area (Å²) < 4.78 is 5.19. The zero-order chi connectivity index (χ0) is 12.7. The first-order chi connectivity index (χ1) is 8.70. The molecule has 0 bridgehead atoms. The van der Waals surface area contributed by atoms with Crippen molar-refractivity contribution in [1.29, 1.82) is 5.41 Å². The van der Waals surface area contributed by atoms with Gasteiger partial charge in [-0.3, -0.25) is 10.7 Å². The monoisotopic (exact) mass is 245 g/mol. The van der Waals surface area contributed by atoms with Gasteiger partial charge in [-0.1, -0.05) is 12.1 Å². The van der Waals surface area contributed by atoms with Crippen molar-refractivity contribution < 1.29 is 9.53 Å². The number of urea groups is 1. The first-order valence-corrected chi connectivity index (χ1v) is 6.02. The third kappa shape index (κ3) is 1.72. The van der Waals surface area contributed by atoms with Crippen LogP contribution in [0.25, 0.3) is 0 Å². The van der Waals surface area contributed by atoms with E-state index >= 15 is 0 Å². The molecule has 2 aliphatic rings. The lowest BCUT2D eigenvalue weighted by molar-refractivity contribution is 0.202. The molecule has 0 spiro atoms. The Labute approximate surface area is 105 Å². The molecule has 1 aliphatic carbocycles. The Balaban J connectivity index is 1.97. The van der Waals surface area contributed by atoms with Crippen LogP contribution in [-0.4, -0.2) is 29.9 Å². The number of hydrogen-bond acceptors (Lipinski definition) is 3. The molecule has 1 heterocycles. The van der Waals surface area contributed by atoms with Gasteiger partial charge in [0.1, 0.15) is 17.6 Å². The smallest absolute Gasteiger partial charge is 0.323 e. The van der Waals surface area contributed by atoms with Crippen LogP contribution in [0.2, 0.25) is 0 Å². The SMILES string of the molecule is COc1cccc(C2C(=N)NC(=O)N2C2CC2)c1. The standard InChI is InChI=1S/C13H15N3O2/c1-18-10-4-2-3-8(7-10)11-12(14)15-13(17)16(11)9-5-6-9/h2-4,7,9,11H,5-6H2,1H3,(H2,14,15,17). The van der Waals surface area contributed by atoms with Crippen LogP contribution in [0.3, 0.4) is 0 Å². The van der Waals surface area contributed by atoms with Gasteiger partial charge in [-0.15, -0.1) is 0 Å². The summed E-state index contributed by atoms with van der Waals surface area (Å²) in [7, 11) is 1.61. The number of carbonyl (C=O) groups is 1. The van der Waals surface area contributed by atoms with E-state index in [0.29, 0.717) is 0 Å². The van der Waals surface area contributed by atoms with Gasteiger partial charge in [0.05, 0.1) is 7.11 Å². The van der Waals surface area contributed by atoms with Gasteiger partial charge in [0, 0.05) is 6.04 Å². The maximum absolute atomic E-state index is 11.8. The third-order valence-corrected chi connectivity index (χ3v) is 3.38. The van der Waals surface area contributed by atoms with Crippen LogP contribution in [0, 0.1) is 5.41 Å². The number of hydrogen-bond donors (Lipinski definition) is 2. The molecular weight excluding hydrogens is 230 g/mol. The van der Waals surface area contributed by atoms with E-state index in [0.717, 1.165) is 24.2 Å². The number of ether oxygens (including phenoxy) is 1. The number of nitrogens with zero attached hydrogens (tertiary/aromatic N) is 1. The highest BCUT2D eigenvalue weighted by Gasteiger charge is 2.45. The molecule has 0 aromatic heterocycles. The number of benzene rings is 1. The van der Waals surface area contributed by atoms with Gasteiger partial charge < -0.3 is 9.64 Å². The number of amides is 2. The molecule has 1 aliphatic heterocycles. The fourth-order valence-corrected chi connectivity index (χ4v) is 2.37. The van der Waals surface area contributed by atoms with E-state index in [4.69, 9.17) is 10.1 Å². The molecule has 2 amide bonds. The lowest BCUT2D eigenvalue weighted by atomic mass is 10.1. The van der Waals surface area contributed by atoms with E-state index in [9.17, 15) is 4.79 Å². The fraction of sp³-hybridized carbons (Fsp3) is 0.385. The summed E-state index contributed by atoms with van der Waals surface area (Å²) >= 11 is 0. The Kier molecular flexibility index (Phi) is 2.47. The summed E-state index contributed by atoms with van der Waals surface area (Å²) in [5.74, 6) is 0.996. The number of rotatable bonds is 3. The van der Waals surface area contributed by atoms with Crippen LogP contribution < -0.4 is 10.1 Å². The second-order valence-corrected chi connectivity index (χ2v) is 4.66. The zero-order valence-electron chi connectivity index (χ0n) is 10.1. The third-order valence-electron chi connectivity index (χ3n) is 3.38. The van der Waals surface area contributed by atoms with Crippen molar-refractivity contribution >= 4 is 11.9 Å². The minimum atomic E-state index is -0.292. The molecule has 2 N–H and O–H groups in total. The normalized spacial score (nSPS) is 23.2. The van der Waals surface area contributed by atoms with E-state index < -0.39 is 0 Å². The Morgan fingerprint density at radius 3 is 2.89 bits per heavy atom. The second kappa shape index (κ2) is 4.01. The van der Waals surface area contributed by atoms with E-state index in [1.165, 1.54) is 0 Å². The fourth-order valence-electron chi connectivity index (χ4n) is 2.37. The molecule has 5 heteroatoms. The molecule has 1 saturated carbocycles. The zero-order valence-corrected chi connectivity index (χ0v) is 10.1. The summed E-state index contributed by atoms with van der Waals surface area (Å²) in [5, 5.41) is 10.5. The van der Waals surface area contributed by atoms with Crippen LogP contribution in [0.4, 0.5) is 4.79 Å². The van der Waals surface area contributed by atoms with Crippen molar-refractivity contribution in [3.63, 3.8) is 0 Å². The highest BCUT2D eigenvalue weighted by Crippen LogP contribution is 2.38. The van der Waals surface area contributed by atoms with Crippen LogP contribution >= 0.6 is 0 Å². The first kappa shape index (κ1) is 11.1. The molecule has 0 radical (unpaired) electrons. The highest BCUT2D eigenvalue weighted by molar-refractivity contribution is 6.06. The van der Waals surface area contributed by atoms with Crippen LogP contribution in [0.5, 0.6) is 5.75 Å². The largest absolute Gasteiger partial charge is 0.497 e. The summed E-state index contributed by atoms with van der Waals surface area (Å²) in [6.45, 7) is 0. The molecule has 94 valence electrons. The van der Waals surface area contributed by atoms with Crippen LogP contribution in [-0.2, 0) is 0 Å². The maximum atomic E-state index is 11.8. The van der Waals surface area contributed by atoms with Crippen LogP contribution in [0.1, 0.15) is 24.4 Å². The van der Waals surface area contributed by atoms with Crippen molar-refractivity contribution in [3.05, 3.63) is 29.8 Å². The molecule has 1 aromatic rings. The van der Waals surface area contributed by atoms with Crippen LogP contribution in [0.15, 0.2) is 24.3 Å². The van der Waals surface area contributed by atoms with Gasteiger partial charge in [-0.2, -0.15) is 0 Å². The minimum Gasteiger partial charge on any atom is -0.497 e. The highest BCUT2D eigenvalue weighted by atomic mass is 16.5. The molecule has 3 rings (SSSR count). The molecule has 1 atom stereocenters. The summed E-state index contributed by atoms with van der Waals surface area (Å²) in [5.41, 5.74) is 0.921. The van der Waals surface area contributed by atoms with E-state index in [1.807, 2.05) is 24.3 Å². The predicted octanol–water partition coefficient (Wildman–Crippen LogP) is 1.90. The van der Waals surface area contributed by atoms with Crippen molar-refractivity contribution in [2.24, 2.45) is 0 Å². The molecule has 1 saturated heterocycles. The Bertz CT molecular complexity index is 511. The van der Waals surface area contributed by atoms with Gasteiger partial charge in [0.2, 0.25) is 0 Å². The van der Waals surface area contributed by atoms with Gasteiger partial charge >= 0.3 is 6.03 Å². The lowest BCUT2D eigenvalue weighted by Gasteiger charge is -2.22. The molecule has 18 heavy (non-hydrogen) atoms. The average molecular weight is 245 g/mol. The van der Waals surface area contributed by atoms with Gasteiger partial charge in [-0.25, -0.2) is 4.79 Å². The minimum absolute atomic E-state index is 0.157.